The van der Waals surface area contributed by atoms with E-state index in [1.807, 2.05) is 35.7 Å². The molecule has 0 saturated carbocycles. The topological polar surface area (TPSA) is 70.2 Å². The molecule has 3 aromatic rings. The Labute approximate surface area is 166 Å². The molecule has 5 nitrogen and oxygen atoms in total. The first-order chi connectivity index (χ1) is 13.1. The summed E-state index contributed by atoms with van der Waals surface area (Å²) in [5, 5.41) is 10.4. The molecular formula is C20H17N3O2S2. The van der Waals surface area contributed by atoms with Crippen LogP contribution in [0.25, 0.3) is 0 Å². The molecule has 0 spiro atoms. The summed E-state index contributed by atoms with van der Waals surface area (Å²) < 4.78 is 0. The van der Waals surface area contributed by atoms with Gasteiger partial charge in [0, 0.05) is 6.54 Å². The Morgan fingerprint density at radius 3 is 2.37 bits per heavy atom. The highest BCUT2D eigenvalue weighted by Gasteiger charge is 2.13. The van der Waals surface area contributed by atoms with Gasteiger partial charge in [0.25, 0.3) is 11.8 Å². The number of thiocarbonyl (C=S) groups is 1. The summed E-state index contributed by atoms with van der Waals surface area (Å²) in [7, 11) is 0. The lowest BCUT2D eigenvalue weighted by Crippen LogP contribution is -2.34. The Balaban J connectivity index is 1.63. The summed E-state index contributed by atoms with van der Waals surface area (Å²) in [5.74, 6) is -0.511. The minimum atomic E-state index is -0.284. The number of benzene rings is 2. The standard InChI is InChI=1S/C20H17N3O2S2/c24-18(21-13-14-7-2-1-3-8-14)15-9-4-5-10-16(15)22-20(26)23-19(25)17-11-6-12-27-17/h1-12H,13H2,(H,21,24)(H2,22,23,25,26). The molecule has 0 saturated heterocycles. The van der Waals surface area contributed by atoms with Gasteiger partial charge in [-0.1, -0.05) is 48.5 Å². The van der Waals surface area contributed by atoms with Crippen molar-refractivity contribution in [2.75, 3.05) is 5.32 Å². The lowest BCUT2D eigenvalue weighted by molar-refractivity contribution is 0.0950. The van der Waals surface area contributed by atoms with E-state index in [0.29, 0.717) is 22.7 Å². The fraction of sp³-hybridized carbons (Fsp3) is 0.0500. The van der Waals surface area contributed by atoms with E-state index in [4.69, 9.17) is 12.2 Å². The zero-order valence-corrected chi connectivity index (χ0v) is 15.9. The van der Waals surface area contributed by atoms with Crippen molar-refractivity contribution in [2.45, 2.75) is 6.54 Å². The van der Waals surface area contributed by atoms with Crippen LogP contribution >= 0.6 is 23.6 Å². The summed E-state index contributed by atoms with van der Waals surface area (Å²) in [5.41, 5.74) is 1.98. The van der Waals surface area contributed by atoms with E-state index in [1.54, 1.807) is 36.4 Å². The molecule has 0 atom stereocenters. The number of rotatable bonds is 5. The maximum atomic E-state index is 12.5. The van der Waals surface area contributed by atoms with Crippen LogP contribution in [0, 0.1) is 0 Å². The van der Waals surface area contributed by atoms with E-state index < -0.39 is 0 Å². The number of thiophene rings is 1. The molecule has 3 rings (SSSR count). The Morgan fingerprint density at radius 2 is 1.63 bits per heavy atom. The van der Waals surface area contributed by atoms with Gasteiger partial charge in [0.15, 0.2) is 5.11 Å². The van der Waals surface area contributed by atoms with Crippen molar-refractivity contribution in [1.82, 2.24) is 10.6 Å². The van der Waals surface area contributed by atoms with Crippen LogP contribution in [0.2, 0.25) is 0 Å². The molecule has 27 heavy (non-hydrogen) atoms. The van der Waals surface area contributed by atoms with Crippen LogP contribution in [0.4, 0.5) is 5.69 Å². The maximum Gasteiger partial charge on any atom is 0.267 e. The van der Waals surface area contributed by atoms with E-state index >= 15 is 0 Å². The normalized spacial score (nSPS) is 10.1. The second kappa shape index (κ2) is 9.07. The van der Waals surface area contributed by atoms with Crippen LogP contribution in [-0.2, 0) is 6.54 Å². The SMILES string of the molecule is O=C(NC(=S)Nc1ccccc1C(=O)NCc1ccccc1)c1cccs1. The molecule has 2 aromatic carbocycles. The lowest BCUT2D eigenvalue weighted by atomic mass is 10.1. The quantitative estimate of drug-likeness (QED) is 0.575. The zero-order chi connectivity index (χ0) is 19.1. The van der Waals surface area contributed by atoms with E-state index in [1.165, 1.54) is 11.3 Å². The summed E-state index contributed by atoms with van der Waals surface area (Å²) >= 11 is 6.53. The number of hydrogen-bond acceptors (Lipinski definition) is 4. The smallest absolute Gasteiger partial charge is 0.267 e. The first kappa shape index (κ1) is 18.8. The van der Waals surface area contributed by atoms with E-state index in [9.17, 15) is 9.59 Å². The fourth-order valence-electron chi connectivity index (χ4n) is 2.39. The number of anilines is 1. The van der Waals surface area contributed by atoms with Crippen molar-refractivity contribution in [1.29, 1.82) is 0 Å². The van der Waals surface area contributed by atoms with Gasteiger partial charge in [-0.3, -0.25) is 14.9 Å². The van der Waals surface area contributed by atoms with Crippen molar-refractivity contribution < 1.29 is 9.59 Å². The molecular weight excluding hydrogens is 378 g/mol. The van der Waals surface area contributed by atoms with Crippen molar-refractivity contribution in [2.24, 2.45) is 0 Å². The average Bonchev–Trinajstić information content (AvgIpc) is 3.22. The van der Waals surface area contributed by atoms with Crippen LogP contribution in [0.5, 0.6) is 0 Å². The average molecular weight is 396 g/mol. The monoisotopic (exact) mass is 395 g/mol. The van der Waals surface area contributed by atoms with Crippen LogP contribution in [0.15, 0.2) is 72.1 Å². The lowest BCUT2D eigenvalue weighted by Gasteiger charge is -2.13. The predicted octanol–water partition coefficient (Wildman–Crippen LogP) is 3.80. The van der Waals surface area contributed by atoms with Gasteiger partial charge in [-0.25, -0.2) is 0 Å². The molecule has 136 valence electrons. The third kappa shape index (κ3) is 5.22. The highest BCUT2D eigenvalue weighted by atomic mass is 32.1. The fourth-order valence-corrected chi connectivity index (χ4v) is 3.21. The van der Waals surface area contributed by atoms with Crippen molar-refractivity contribution >= 4 is 46.2 Å². The molecule has 1 heterocycles. The van der Waals surface area contributed by atoms with Gasteiger partial charge in [-0.15, -0.1) is 11.3 Å². The number of nitrogens with one attached hydrogen (secondary N) is 3. The summed E-state index contributed by atoms with van der Waals surface area (Å²) in [6.45, 7) is 0.424. The molecule has 2 amide bonds. The minimum absolute atomic E-state index is 0.136. The van der Waals surface area contributed by atoms with Gasteiger partial charge in [-0.2, -0.15) is 0 Å². The maximum absolute atomic E-state index is 12.5. The van der Waals surface area contributed by atoms with Gasteiger partial charge in [0.2, 0.25) is 0 Å². The van der Waals surface area contributed by atoms with Crippen LogP contribution in [-0.4, -0.2) is 16.9 Å². The largest absolute Gasteiger partial charge is 0.348 e. The number of hydrogen-bond donors (Lipinski definition) is 3. The van der Waals surface area contributed by atoms with Crippen molar-refractivity contribution in [3.8, 4) is 0 Å². The van der Waals surface area contributed by atoms with E-state index in [2.05, 4.69) is 16.0 Å². The van der Waals surface area contributed by atoms with Gasteiger partial charge in [0.1, 0.15) is 0 Å². The Bertz CT molecular complexity index is 941. The summed E-state index contributed by atoms with van der Waals surface area (Å²) in [4.78, 5) is 25.2. The number of carbonyl (C=O) groups excluding carboxylic acids is 2. The first-order valence-electron chi connectivity index (χ1n) is 8.20. The van der Waals surface area contributed by atoms with Gasteiger partial charge in [0.05, 0.1) is 16.1 Å². The molecule has 0 fully saturated rings. The summed E-state index contributed by atoms with van der Waals surface area (Å²) in [6.07, 6.45) is 0. The Hall–Kier alpha value is -3.03. The Morgan fingerprint density at radius 1 is 0.889 bits per heavy atom. The highest BCUT2D eigenvalue weighted by Crippen LogP contribution is 2.15. The molecule has 0 aliphatic rings. The van der Waals surface area contributed by atoms with Gasteiger partial charge in [-0.05, 0) is 41.4 Å². The van der Waals surface area contributed by atoms with Gasteiger partial charge >= 0.3 is 0 Å². The number of amides is 2. The first-order valence-corrected chi connectivity index (χ1v) is 9.49. The van der Waals surface area contributed by atoms with Crippen LogP contribution < -0.4 is 16.0 Å². The molecule has 0 aliphatic heterocycles. The third-order valence-corrected chi connectivity index (χ3v) is 4.76. The van der Waals surface area contributed by atoms with E-state index in [-0.39, 0.29) is 16.9 Å². The molecule has 0 aliphatic carbocycles. The van der Waals surface area contributed by atoms with Crippen LogP contribution in [0.3, 0.4) is 0 Å². The molecule has 7 heteroatoms. The van der Waals surface area contributed by atoms with Crippen molar-refractivity contribution in [3.05, 3.63) is 88.1 Å². The Kier molecular flexibility index (Phi) is 6.30. The third-order valence-electron chi connectivity index (χ3n) is 3.69. The number of para-hydroxylation sites is 1. The molecule has 0 bridgehead atoms. The van der Waals surface area contributed by atoms with Crippen molar-refractivity contribution in [3.63, 3.8) is 0 Å². The summed E-state index contributed by atoms with van der Waals surface area (Å²) in [6, 6.07) is 20.2. The molecule has 0 radical (unpaired) electrons. The predicted molar refractivity (Wildman–Crippen MR) is 112 cm³/mol. The second-order valence-corrected chi connectivity index (χ2v) is 6.96. The second-order valence-electron chi connectivity index (χ2n) is 5.60. The minimum Gasteiger partial charge on any atom is -0.348 e. The molecule has 3 N–H and O–H groups in total. The highest BCUT2D eigenvalue weighted by molar-refractivity contribution is 7.80. The van der Waals surface area contributed by atoms with Gasteiger partial charge < -0.3 is 10.6 Å². The molecule has 0 unspecified atom stereocenters. The van der Waals surface area contributed by atoms with Crippen LogP contribution in [0.1, 0.15) is 25.6 Å². The van der Waals surface area contributed by atoms with E-state index in [0.717, 1.165) is 5.56 Å². The zero-order valence-electron chi connectivity index (χ0n) is 14.3. The molecule has 1 aromatic heterocycles. The number of carbonyl (C=O) groups is 2.